The lowest BCUT2D eigenvalue weighted by atomic mass is 10.1. The van der Waals surface area contributed by atoms with Gasteiger partial charge in [-0.15, -0.1) is 0 Å². The van der Waals surface area contributed by atoms with E-state index in [-0.39, 0.29) is 11.9 Å². The van der Waals surface area contributed by atoms with Crippen LogP contribution in [0.15, 0.2) is 22.7 Å². The average molecular weight is 316 g/mol. The zero-order valence-corrected chi connectivity index (χ0v) is 12.8. The van der Waals surface area contributed by atoms with Crippen LogP contribution in [0, 0.1) is 6.92 Å². The molecule has 0 saturated carbocycles. The van der Waals surface area contributed by atoms with Crippen molar-refractivity contribution in [1.82, 2.24) is 5.32 Å². The summed E-state index contributed by atoms with van der Waals surface area (Å²) in [4.78, 5) is 12.1. The molecule has 0 aliphatic carbocycles. The van der Waals surface area contributed by atoms with Gasteiger partial charge in [0.05, 0.1) is 5.56 Å². The van der Waals surface area contributed by atoms with E-state index >= 15 is 0 Å². The van der Waals surface area contributed by atoms with Gasteiger partial charge in [0.15, 0.2) is 0 Å². The topological polar surface area (TPSA) is 29.1 Å². The maximum absolute atomic E-state index is 12.1. The number of carbonyl (C=O) groups excluding carboxylic acids is 1. The van der Waals surface area contributed by atoms with Gasteiger partial charge in [0.2, 0.25) is 0 Å². The Morgan fingerprint density at radius 2 is 2.24 bits per heavy atom. The molecular weight excluding hydrogens is 298 g/mol. The number of hydrogen-bond donors (Lipinski definition) is 1. The fourth-order valence-electron chi connectivity index (χ4n) is 1.54. The Hall–Kier alpha value is -0.480. The molecule has 0 bridgehead atoms. The van der Waals surface area contributed by atoms with E-state index in [2.05, 4.69) is 34.4 Å². The van der Waals surface area contributed by atoms with E-state index in [1.807, 2.05) is 25.1 Å². The Bertz CT molecular complexity index is 395. The third-order valence-electron chi connectivity index (χ3n) is 2.56. The summed E-state index contributed by atoms with van der Waals surface area (Å²) in [6.07, 6.45) is 3.01. The van der Waals surface area contributed by atoms with Crippen LogP contribution < -0.4 is 5.32 Å². The van der Waals surface area contributed by atoms with Crippen molar-refractivity contribution in [2.45, 2.75) is 26.3 Å². The van der Waals surface area contributed by atoms with Gasteiger partial charge in [-0.3, -0.25) is 4.79 Å². The van der Waals surface area contributed by atoms with Crippen molar-refractivity contribution >= 4 is 33.6 Å². The molecule has 1 amide bonds. The highest BCUT2D eigenvalue weighted by Gasteiger charge is 2.14. The number of rotatable bonds is 5. The van der Waals surface area contributed by atoms with Crippen molar-refractivity contribution in [3.8, 4) is 0 Å². The second-order valence-corrected chi connectivity index (χ2v) is 5.78. The zero-order chi connectivity index (χ0) is 12.8. The third-order valence-corrected chi connectivity index (χ3v) is 3.99. The lowest BCUT2D eigenvalue weighted by molar-refractivity contribution is 0.0939. The standard InChI is InChI=1S/C13H18BrNOS/c1-4-10(8-17-3)15-13(16)11-7-9(2)5-6-12(11)14/h5-7,10H,4,8H2,1-3H3,(H,15,16). The van der Waals surface area contributed by atoms with Gasteiger partial charge in [0.1, 0.15) is 0 Å². The number of thioether (sulfide) groups is 1. The molecule has 1 aromatic rings. The minimum absolute atomic E-state index is 0.00137. The molecule has 1 atom stereocenters. The molecular formula is C13H18BrNOS. The molecule has 4 heteroatoms. The van der Waals surface area contributed by atoms with Crippen LogP contribution in [-0.2, 0) is 0 Å². The van der Waals surface area contributed by atoms with Crippen molar-refractivity contribution in [1.29, 1.82) is 0 Å². The predicted molar refractivity (Wildman–Crippen MR) is 78.8 cm³/mol. The summed E-state index contributed by atoms with van der Waals surface area (Å²) in [6.45, 7) is 4.08. The molecule has 1 rings (SSSR count). The Kier molecular flexibility index (Phi) is 6.06. The Balaban J connectivity index is 2.78. The summed E-state index contributed by atoms with van der Waals surface area (Å²) in [6, 6.07) is 6.05. The molecule has 0 spiro atoms. The van der Waals surface area contributed by atoms with Crippen LogP contribution in [0.5, 0.6) is 0 Å². The molecule has 94 valence electrons. The average Bonchev–Trinajstić information content (AvgIpc) is 2.31. The van der Waals surface area contributed by atoms with E-state index in [0.29, 0.717) is 5.56 Å². The molecule has 1 unspecified atom stereocenters. The van der Waals surface area contributed by atoms with Crippen LogP contribution in [-0.4, -0.2) is 24.0 Å². The molecule has 1 aromatic carbocycles. The van der Waals surface area contributed by atoms with Crippen molar-refractivity contribution in [2.75, 3.05) is 12.0 Å². The maximum Gasteiger partial charge on any atom is 0.252 e. The number of benzene rings is 1. The maximum atomic E-state index is 12.1. The number of nitrogens with one attached hydrogen (secondary N) is 1. The van der Waals surface area contributed by atoms with E-state index < -0.39 is 0 Å². The van der Waals surface area contributed by atoms with Gasteiger partial charge < -0.3 is 5.32 Å². The van der Waals surface area contributed by atoms with Crippen LogP contribution in [0.2, 0.25) is 0 Å². The highest BCUT2D eigenvalue weighted by Crippen LogP contribution is 2.18. The summed E-state index contributed by atoms with van der Waals surface area (Å²) < 4.78 is 0.847. The van der Waals surface area contributed by atoms with Crippen LogP contribution in [0.1, 0.15) is 29.3 Å². The minimum Gasteiger partial charge on any atom is -0.348 e. The monoisotopic (exact) mass is 315 g/mol. The summed E-state index contributed by atoms with van der Waals surface area (Å²) in [5.41, 5.74) is 1.81. The highest BCUT2D eigenvalue weighted by molar-refractivity contribution is 9.10. The number of amides is 1. The van der Waals surface area contributed by atoms with Gasteiger partial charge in [0, 0.05) is 16.3 Å². The molecule has 0 aliphatic rings. The van der Waals surface area contributed by atoms with Gasteiger partial charge in [-0.2, -0.15) is 11.8 Å². The van der Waals surface area contributed by atoms with E-state index in [1.165, 1.54) is 0 Å². The number of halogens is 1. The van der Waals surface area contributed by atoms with Crippen molar-refractivity contribution < 1.29 is 4.79 Å². The smallest absolute Gasteiger partial charge is 0.252 e. The van der Waals surface area contributed by atoms with Gasteiger partial charge in [-0.05, 0) is 47.7 Å². The van der Waals surface area contributed by atoms with E-state index in [4.69, 9.17) is 0 Å². The summed E-state index contributed by atoms with van der Waals surface area (Å²) in [7, 11) is 0. The quantitative estimate of drug-likeness (QED) is 0.899. The molecule has 0 aromatic heterocycles. The predicted octanol–water partition coefficient (Wildman–Crippen LogP) is 3.63. The first-order valence-electron chi connectivity index (χ1n) is 5.64. The fourth-order valence-corrected chi connectivity index (χ4v) is 2.69. The molecule has 0 heterocycles. The number of aryl methyl sites for hydroxylation is 1. The van der Waals surface area contributed by atoms with Gasteiger partial charge in [-0.1, -0.05) is 18.6 Å². The summed E-state index contributed by atoms with van der Waals surface area (Å²) in [5, 5.41) is 3.06. The molecule has 17 heavy (non-hydrogen) atoms. The van der Waals surface area contributed by atoms with Crippen molar-refractivity contribution in [3.63, 3.8) is 0 Å². The van der Waals surface area contributed by atoms with Crippen LogP contribution in [0.25, 0.3) is 0 Å². The van der Waals surface area contributed by atoms with E-state index in [0.717, 1.165) is 22.2 Å². The highest BCUT2D eigenvalue weighted by atomic mass is 79.9. The van der Waals surface area contributed by atoms with Crippen LogP contribution >= 0.6 is 27.7 Å². The molecule has 2 nitrogen and oxygen atoms in total. The van der Waals surface area contributed by atoms with Crippen molar-refractivity contribution in [3.05, 3.63) is 33.8 Å². The lowest BCUT2D eigenvalue weighted by Crippen LogP contribution is -2.36. The number of carbonyl (C=O) groups is 1. The van der Waals surface area contributed by atoms with E-state index in [1.54, 1.807) is 11.8 Å². The fraction of sp³-hybridized carbons (Fsp3) is 0.462. The largest absolute Gasteiger partial charge is 0.348 e. The second kappa shape index (κ2) is 7.07. The Morgan fingerprint density at radius 3 is 2.82 bits per heavy atom. The first kappa shape index (κ1) is 14.6. The second-order valence-electron chi connectivity index (χ2n) is 4.02. The molecule has 1 N–H and O–H groups in total. The third kappa shape index (κ3) is 4.36. The Morgan fingerprint density at radius 1 is 1.53 bits per heavy atom. The summed E-state index contributed by atoms with van der Waals surface area (Å²) in [5.74, 6) is 0.951. The van der Waals surface area contributed by atoms with Crippen LogP contribution in [0.3, 0.4) is 0 Å². The molecule has 0 aliphatic heterocycles. The van der Waals surface area contributed by atoms with Crippen molar-refractivity contribution in [2.24, 2.45) is 0 Å². The van der Waals surface area contributed by atoms with Gasteiger partial charge in [-0.25, -0.2) is 0 Å². The Labute approximate surface area is 116 Å². The van der Waals surface area contributed by atoms with Gasteiger partial charge in [0.25, 0.3) is 5.91 Å². The number of hydrogen-bond acceptors (Lipinski definition) is 2. The minimum atomic E-state index is 0.00137. The molecule has 0 fully saturated rings. The SMILES string of the molecule is CCC(CSC)NC(=O)c1cc(C)ccc1Br. The van der Waals surface area contributed by atoms with Crippen LogP contribution in [0.4, 0.5) is 0 Å². The molecule has 0 radical (unpaired) electrons. The summed E-state index contributed by atoms with van der Waals surface area (Å²) >= 11 is 5.17. The molecule has 0 saturated heterocycles. The van der Waals surface area contributed by atoms with E-state index in [9.17, 15) is 4.79 Å². The zero-order valence-electron chi connectivity index (χ0n) is 10.4. The lowest BCUT2D eigenvalue weighted by Gasteiger charge is -2.16. The van der Waals surface area contributed by atoms with Gasteiger partial charge >= 0.3 is 0 Å². The normalized spacial score (nSPS) is 12.2. The first-order chi connectivity index (χ1) is 8.08. The first-order valence-corrected chi connectivity index (χ1v) is 7.83.